The van der Waals surface area contributed by atoms with Gasteiger partial charge in [-0.05, 0) is 19.1 Å². The molecule has 0 amide bonds. The largest absolute Gasteiger partial charge is 0.504 e. The molecular formula is C12H13NO4. The molecule has 1 aromatic carbocycles. The van der Waals surface area contributed by atoms with Crippen LogP contribution < -0.4 is 4.74 Å². The van der Waals surface area contributed by atoms with Crippen LogP contribution in [0.5, 0.6) is 11.5 Å². The van der Waals surface area contributed by atoms with Crippen molar-refractivity contribution in [2.45, 2.75) is 6.92 Å². The summed E-state index contributed by atoms with van der Waals surface area (Å²) in [5, 5.41) is 10.4. The van der Waals surface area contributed by atoms with Crippen LogP contribution in [0.1, 0.15) is 17.4 Å². The Kier molecular flexibility index (Phi) is 2.91. The van der Waals surface area contributed by atoms with Gasteiger partial charge in [0.15, 0.2) is 11.5 Å². The highest BCUT2D eigenvalue weighted by molar-refractivity contribution is 5.95. The van der Waals surface area contributed by atoms with Crippen molar-refractivity contribution >= 4 is 16.9 Å². The molecule has 0 unspecified atom stereocenters. The molecule has 0 aliphatic carbocycles. The Bertz CT molecular complexity index is 559. The Morgan fingerprint density at radius 1 is 1.41 bits per heavy atom. The first-order valence-corrected chi connectivity index (χ1v) is 5.22. The standard InChI is InChI=1S/C12H13NO4/c1-3-17-12(15)9-4-7-5-11(16-2)10(14)6-8(7)13-9/h4-6,13-14H,3H2,1-2H3. The lowest BCUT2D eigenvalue weighted by Gasteiger charge is -2.02. The maximum absolute atomic E-state index is 11.5. The molecule has 5 nitrogen and oxygen atoms in total. The number of aromatic hydroxyl groups is 1. The fraction of sp³-hybridized carbons (Fsp3) is 0.250. The molecular weight excluding hydrogens is 222 g/mol. The number of benzene rings is 1. The molecule has 2 N–H and O–H groups in total. The SMILES string of the molecule is CCOC(=O)c1cc2cc(OC)c(O)cc2[nH]1. The summed E-state index contributed by atoms with van der Waals surface area (Å²) in [6.45, 7) is 2.07. The molecule has 5 heteroatoms. The summed E-state index contributed by atoms with van der Waals surface area (Å²) in [4.78, 5) is 14.4. The third kappa shape index (κ3) is 2.04. The summed E-state index contributed by atoms with van der Waals surface area (Å²) >= 11 is 0. The highest BCUT2D eigenvalue weighted by Crippen LogP contribution is 2.31. The Balaban J connectivity index is 2.47. The number of nitrogens with one attached hydrogen (secondary N) is 1. The number of aromatic nitrogens is 1. The van der Waals surface area contributed by atoms with Crippen molar-refractivity contribution in [3.8, 4) is 11.5 Å². The van der Waals surface area contributed by atoms with Crippen LogP contribution in [0.2, 0.25) is 0 Å². The number of aromatic amines is 1. The topological polar surface area (TPSA) is 71.6 Å². The second-order valence-electron chi connectivity index (χ2n) is 3.51. The lowest BCUT2D eigenvalue weighted by molar-refractivity contribution is 0.0520. The van der Waals surface area contributed by atoms with Crippen LogP contribution in [0.3, 0.4) is 0 Å². The predicted molar refractivity (Wildman–Crippen MR) is 62.5 cm³/mol. The summed E-state index contributed by atoms with van der Waals surface area (Å²) in [6.07, 6.45) is 0. The molecule has 0 aliphatic heterocycles. The van der Waals surface area contributed by atoms with Crippen LogP contribution in [0.25, 0.3) is 10.9 Å². The predicted octanol–water partition coefficient (Wildman–Crippen LogP) is 2.06. The zero-order chi connectivity index (χ0) is 12.4. The second kappa shape index (κ2) is 4.37. The highest BCUT2D eigenvalue weighted by Gasteiger charge is 2.12. The van der Waals surface area contributed by atoms with Crippen LogP contribution >= 0.6 is 0 Å². The number of fused-ring (bicyclic) bond motifs is 1. The van der Waals surface area contributed by atoms with Crippen LogP contribution in [-0.4, -0.2) is 29.8 Å². The number of esters is 1. The summed E-state index contributed by atoms with van der Waals surface area (Å²) < 4.78 is 9.87. The Labute approximate surface area is 98.0 Å². The fourth-order valence-electron chi connectivity index (χ4n) is 1.63. The molecule has 0 atom stereocenters. The van der Waals surface area contributed by atoms with Crippen molar-refractivity contribution in [3.63, 3.8) is 0 Å². The van der Waals surface area contributed by atoms with Crippen LogP contribution in [0, 0.1) is 0 Å². The first-order valence-electron chi connectivity index (χ1n) is 5.22. The van der Waals surface area contributed by atoms with Gasteiger partial charge < -0.3 is 19.6 Å². The third-order valence-corrected chi connectivity index (χ3v) is 2.42. The van der Waals surface area contributed by atoms with E-state index in [1.165, 1.54) is 13.2 Å². The first-order chi connectivity index (χ1) is 8.15. The van der Waals surface area contributed by atoms with E-state index >= 15 is 0 Å². The molecule has 0 saturated heterocycles. The molecule has 2 rings (SSSR count). The molecule has 0 bridgehead atoms. The van der Waals surface area contributed by atoms with Crippen LogP contribution in [0.4, 0.5) is 0 Å². The van der Waals surface area contributed by atoms with Gasteiger partial charge in [0, 0.05) is 11.5 Å². The van der Waals surface area contributed by atoms with Gasteiger partial charge in [-0.15, -0.1) is 0 Å². The Hall–Kier alpha value is -2.17. The van der Waals surface area contributed by atoms with E-state index < -0.39 is 5.97 Å². The van der Waals surface area contributed by atoms with E-state index in [1.807, 2.05) is 0 Å². The van der Waals surface area contributed by atoms with Crippen molar-refractivity contribution in [2.75, 3.05) is 13.7 Å². The number of carbonyl (C=O) groups excluding carboxylic acids is 1. The zero-order valence-electron chi connectivity index (χ0n) is 9.61. The first kappa shape index (κ1) is 11.3. The molecule has 0 fully saturated rings. The second-order valence-corrected chi connectivity index (χ2v) is 3.51. The maximum Gasteiger partial charge on any atom is 0.354 e. The van der Waals surface area contributed by atoms with E-state index in [1.54, 1.807) is 19.1 Å². The van der Waals surface area contributed by atoms with Crippen molar-refractivity contribution < 1.29 is 19.4 Å². The van der Waals surface area contributed by atoms with Gasteiger partial charge in [0.1, 0.15) is 5.69 Å². The van der Waals surface area contributed by atoms with Gasteiger partial charge >= 0.3 is 5.97 Å². The van der Waals surface area contributed by atoms with E-state index in [4.69, 9.17) is 9.47 Å². The quantitative estimate of drug-likeness (QED) is 0.799. The number of rotatable bonds is 3. The average molecular weight is 235 g/mol. The minimum Gasteiger partial charge on any atom is -0.504 e. The highest BCUT2D eigenvalue weighted by atomic mass is 16.5. The molecule has 0 spiro atoms. The lowest BCUT2D eigenvalue weighted by atomic mass is 10.2. The molecule has 1 aromatic heterocycles. The molecule has 0 saturated carbocycles. The molecule has 0 radical (unpaired) electrons. The molecule has 1 heterocycles. The number of methoxy groups -OCH3 is 1. The van der Waals surface area contributed by atoms with Gasteiger partial charge in [-0.1, -0.05) is 0 Å². The fourth-order valence-corrected chi connectivity index (χ4v) is 1.63. The number of hydrogen-bond acceptors (Lipinski definition) is 4. The normalized spacial score (nSPS) is 10.5. The van der Waals surface area contributed by atoms with Gasteiger partial charge in [0.25, 0.3) is 0 Å². The summed E-state index contributed by atoms with van der Waals surface area (Å²) in [7, 11) is 1.47. The van der Waals surface area contributed by atoms with E-state index in [0.29, 0.717) is 23.6 Å². The smallest absolute Gasteiger partial charge is 0.354 e. The number of phenols is 1. The Morgan fingerprint density at radius 3 is 2.82 bits per heavy atom. The van der Waals surface area contributed by atoms with E-state index in [9.17, 15) is 9.90 Å². The minimum atomic E-state index is -0.415. The van der Waals surface area contributed by atoms with Crippen molar-refractivity contribution in [1.29, 1.82) is 0 Å². The number of H-pyrrole nitrogens is 1. The number of phenolic OH excluding ortho intramolecular Hbond substituents is 1. The molecule has 0 aliphatic rings. The van der Waals surface area contributed by atoms with E-state index in [-0.39, 0.29) is 5.75 Å². The number of hydrogen-bond donors (Lipinski definition) is 2. The van der Waals surface area contributed by atoms with Crippen LogP contribution in [0.15, 0.2) is 18.2 Å². The van der Waals surface area contributed by atoms with Gasteiger partial charge in [0.2, 0.25) is 0 Å². The van der Waals surface area contributed by atoms with Crippen molar-refractivity contribution in [2.24, 2.45) is 0 Å². The third-order valence-electron chi connectivity index (χ3n) is 2.42. The summed E-state index contributed by atoms with van der Waals surface area (Å²) in [5.41, 5.74) is 1.01. The van der Waals surface area contributed by atoms with Gasteiger partial charge in [0.05, 0.1) is 19.2 Å². The molecule has 17 heavy (non-hydrogen) atoms. The zero-order valence-corrected chi connectivity index (χ0v) is 9.61. The maximum atomic E-state index is 11.5. The molecule has 2 aromatic rings. The lowest BCUT2D eigenvalue weighted by Crippen LogP contribution is -2.04. The van der Waals surface area contributed by atoms with E-state index in [2.05, 4.69) is 4.98 Å². The number of carbonyl (C=O) groups is 1. The summed E-state index contributed by atoms with van der Waals surface area (Å²) in [6, 6.07) is 4.83. The monoisotopic (exact) mass is 235 g/mol. The molecule has 90 valence electrons. The van der Waals surface area contributed by atoms with Gasteiger partial charge in [-0.25, -0.2) is 4.79 Å². The van der Waals surface area contributed by atoms with Crippen molar-refractivity contribution in [3.05, 3.63) is 23.9 Å². The minimum absolute atomic E-state index is 0.0252. The van der Waals surface area contributed by atoms with Gasteiger partial charge in [-0.2, -0.15) is 0 Å². The summed E-state index contributed by atoms with van der Waals surface area (Å²) in [5.74, 6) is -0.0219. The van der Waals surface area contributed by atoms with Crippen molar-refractivity contribution in [1.82, 2.24) is 4.98 Å². The average Bonchev–Trinajstić information content (AvgIpc) is 2.71. The van der Waals surface area contributed by atoms with Crippen LogP contribution in [-0.2, 0) is 4.74 Å². The van der Waals surface area contributed by atoms with Gasteiger partial charge in [-0.3, -0.25) is 0 Å². The number of ether oxygens (including phenoxy) is 2. The van der Waals surface area contributed by atoms with E-state index in [0.717, 1.165) is 5.39 Å². The Morgan fingerprint density at radius 2 is 2.18 bits per heavy atom.